The molecule has 0 aromatic heterocycles. The van der Waals surface area contributed by atoms with Gasteiger partial charge in [0, 0.05) is 5.33 Å². The van der Waals surface area contributed by atoms with Gasteiger partial charge in [0.05, 0.1) is 10.6 Å². The summed E-state index contributed by atoms with van der Waals surface area (Å²) in [5.41, 5.74) is 2.09. The zero-order valence-corrected chi connectivity index (χ0v) is 9.32. The third-order valence-electron chi connectivity index (χ3n) is 1.80. The van der Waals surface area contributed by atoms with Gasteiger partial charge in [0.25, 0.3) is 0 Å². The lowest BCUT2D eigenvalue weighted by molar-refractivity contribution is 0.0697. The monoisotopic (exact) mass is 262 g/mol. The Bertz CT molecular complexity index is 350. The highest BCUT2D eigenvalue weighted by Crippen LogP contribution is 2.22. The molecule has 0 unspecified atom stereocenters. The van der Waals surface area contributed by atoms with Crippen LogP contribution < -0.4 is 0 Å². The summed E-state index contributed by atoms with van der Waals surface area (Å²) in [6.45, 7) is 1.90. The van der Waals surface area contributed by atoms with E-state index >= 15 is 0 Å². The second kappa shape index (κ2) is 4.11. The SMILES string of the molecule is Cc1cc(Cl)c(C(=O)O)cc1CBr. The molecule has 2 nitrogen and oxygen atoms in total. The van der Waals surface area contributed by atoms with Gasteiger partial charge >= 0.3 is 5.97 Å². The van der Waals surface area contributed by atoms with Crippen LogP contribution in [0, 0.1) is 6.92 Å². The molecule has 70 valence electrons. The van der Waals surface area contributed by atoms with Crippen molar-refractivity contribution in [3.8, 4) is 0 Å². The topological polar surface area (TPSA) is 37.3 Å². The number of rotatable bonds is 2. The molecule has 0 saturated carbocycles. The molecule has 0 fully saturated rings. The van der Waals surface area contributed by atoms with Crippen molar-refractivity contribution in [2.75, 3.05) is 0 Å². The number of halogens is 2. The van der Waals surface area contributed by atoms with Crippen molar-refractivity contribution in [3.63, 3.8) is 0 Å². The first-order valence-corrected chi connectivity index (χ1v) is 5.14. The van der Waals surface area contributed by atoms with Crippen molar-refractivity contribution in [1.82, 2.24) is 0 Å². The van der Waals surface area contributed by atoms with E-state index in [1.165, 1.54) is 0 Å². The normalized spacial score (nSPS) is 10.1. The van der Waals surface area contributed by atoms with E-state index in [1.54, 1.807) is 12.1 Å². The maximum Gasteiger partial charge on any atom is 0.337 e. The van der Waals surface area contributed by atoms with Gasteiger partial charge in [0.15, 0.2) is 0 Å². The minimum Gasteiger partial charge on any atom is -0.478 e. The molecule has 1 aromatic rings. The van der Waals surface area contributed by atoms with Gasteiger partial charge in [-0.15, -0.1) is 0 Å². The Hall–Kier alpha value is -0.540. The number of hydrogen-bond donors (Lipinski definition) is 1. The molecule has 0 aliphatic rings. The average molecular weight is 264 g/mol. The van der Waals surface area contributed by atoms with E-state index in [9.17, 15) is 4.79 Å². The van der Waals surface area contributed by atoms with E-state index in [1.807, 2.05) is 6.92 Å². The number of benzene rings is 1. The van der Waals surface area contributed by atoms with Gasteiger partial charge in [0.2, 0.25) is 0 Å². The first kappa shape index (κ1) is 10.5. The predicted octanol–water partition coefficient (Wildman–Crippen LogP) is 3.24. The van der Waals surface area contributed by atoms with Crippen molar-refractivity contribution < 1.29 is 9.90 Å². The van der Waals surface area contributed by atoms with Gasteiger partial charge < -0.3 is 5.11 Å². The Morgan fingerprint density at radius 2 is 2.23 bits per heavy atom. The quantitative estimate of drug-likeness (QED) is 0.832. The third kappa shape index (κ3) is 2.23. The van der Waals surface area contributed by atoms with Gasteiger partial charge in [-0.1, -0.05) is 27.5 Å². The number of aryl methyl sites for hydroxylation is 1. The maximum absolute atomic E-state index is 10.7. The van der Waals surface area contributed by atoms with Crippen LogP contribution in [0.2, 0.25) is 5.02 Å². The minimum atomic E-state index is -0.993. The first-order chi connectivity index (χ1) is 6.06. The van der Waals surface area contributed by atoms with Crippen molar-refractivity contribution in [2.24, 2.45) is 0 Å². The van der Waals surface area contributed by atoms with Crippen LogP contribution in [0.5, 0.6) is 0 Å². The maximum atomic E-state index is 10.7. The van der Waals surface area contributed by atoms with Crippen LogP contribution in [0.4, 0.5) is 0 Å². The molecule has 0 aliphatic heterocycles. The van der Waals surface area contributed by atoms with E-state index in [0.29, 0.717) is 5.33 Å². The average Bonchev–Trinajstić information content (AvgIpc) is 2.03. The second-order valence-corrected chi connectivity index (χ2v) is 3.67. The zero-order valence-electron chi connectivity index (χ0n) is 6.97. The van der Waals surface area contributed by atoms with E-state index in [2.05, 4.69) is 15.9 Å². The minimum absolute atomic E-state index is 0.154. The van der Waals surface area contributed by atoms with Crippen molar-refractivity contribution in [1.29, 1.82) is 0 Å². The fraction of sp³-hybridized carbons (Fsp3) is 0.222. The lowest BCUT2D eigenvalue weighted by Crippen LogP contribution is -1.99. The van der Waals surface area contributed by atoms with Crippen molar-refractivity contribution >= 4 is 33.5 Å². The molecule has 13 heavy (non-hydrogen) atoms. The number of alkyl halides is 1. The highest BCUT2D eigenvalue weighted by molar-refractivity contribution is 9.08. The van der Waals surface area contributed by atoms with Crippen LogP contribution in [-0.2, 0) is 5.33 Å². The van der Waals surface area contributed by atoms with Crippen LogP contribution in [0.15, 0.2) is 12.1 Å². The summed E-state index contributed by atoms with van der Waals surface area (Å²) < 4.78 is 0. The lowest BCUT2D eigenvalue weighted by atomic mass is 10.1. The number of carbonyl (C=O) groups is 1. The number of carboxylic acid groups (broad SMARTS) is 1. The fourth-order valence-electron chi connectivity index (χ4n) is 1.03. The van der Waals surface area contributed by atoms with E-state index in [0.717, 1.165) is 11.1 Å². The molecule has 0 aliphatic carbocycles. The van der Waals surface area contributed by atoms with Gasteiger partial charge in [-0.2, -0.15) is 0 Å². The van der Waals surface area contributed by atoms with Gasteiger partial charge in [-0.3, -0.25) is 0 Å². The lowest BCUT2D eigenvalue weighted by Gasteiger charge is -2.05. The summed E-state index contributed by atoms with van der Waals surface area (Å²) in [5.74, 6) is -0.993. The summed E-state index contributed by atoms with van der Waals surface area (Å²) in [4.78, 5) is 10.7. The summed E-state index contributed by atoms with van der Waals surface area (Å²) >= 11 is 9.04. The number of aromatic carboxylic acids is 1. The molecule has 0 amide bonds. The highest BCUT2D eigenvalue weighted by atomic mass is 79.9. The fourth-order valence-corrected chi connectivity index (χ4v) is 1.93. The van der Waals surface area contributed by atoms with Gasteiger partial charge in [0.1, 0.15) is 0 Å². The molecular weight excluding hydrogens is 255 g/mol. The summed E-state index contributed by atoms with van der Waals surface area (Å²) in [7, 11) is 0. The van der Waals surface area contributed by atoms with Crippen molar-refractivity contribution in [3.05, 3.63) is 33.8 Å². The van der Waals surface area contributed by atoms with Gasteiger partial charge in [-0.25, -0.2) is 4.79 Å². The largest absolute Gasteiger partial charge is 0.478 e. The Labute approximate surface area is 89.7 Å². The standard InChI is InChI=1S/C9H8BrClO2/c1-5-2-8(11)7(9(12)13)3-6(5)4-10/h2-3H,4H2,1H3,(H,12,13). The second-order valence-electron chi connectivity index (χ2n) is 2.70. The molecule has 1 rings (SSSR count). The molecule has 0 spiro atoms. The smallest absolute Gasteiger partial charge is 0.337 e. The molecule has 1 aromatic carbocycles. The van der Waals surface area contributed by atoms with E-state index in [4.69, 9.17) is 16.7 Å². The van der Waals surface area contributed by atoms with E-state index < -0.39 is 5.97 Å². The Balaban J connectivity index is 3.30. The number of hydrogen-bond acceptors (Lipinski definition) is 1. The molecule has 0 heterocycles. The molecule has 1 N–H and O–H groups in total. The van der Waals surface area contributed by atoms with E-state index in [-0.39, 0.29) is 10.6 Å². The molecule has 0 bridgehead atoms. The molecule has 0 radical (unpaired) electrons. The summed E-state index contributed by atoms with van der Waals surface area (Å²) in [6, 6.07) is 3.26. The molecule has 4 heteroatoms. The van der Waals surface area contributed by atoms with Crippen molar-refractivity contribution in [2.45, 2.75) is 12.3 Å². The summed E-state index contributed by atoms with van der Waals surface area (Å²) in [5, 5.41) is 9.70. The Kier molecular flexibility index (Phi) is 3.33. The molecule has 0 atom stereocenters. The van der Waals surface area contributed by atoms with Crippen LogP contribution in [0.25, 0.3) is 0 Å². The highest BCUT2D eigenvalue weighted by Gasteiger charge is 2.10. The predicted molar refractivity (Wildman–Crippen MR) is 55.8 cm³/mol. The Morgan fingerprint density at radius 3 is 2.69 bits per heavy atom. The van der Waals surface area contributed by atoms with Crippen LogP contribution in [0.3, 0.4) is 0 Å². The molecular formula is C9H8BrClO2. The summed E-state index contributed by atoms with van der Waals surface area (Å²) in [6.07, 6.45) is 0. The van der Waals surface area contributed by atoms with Gasteiger partial charge in [-0.05, 0) is 30.2 Å². The molecule has 0 saturated heterocycles. The number of carboxylic acids is 1. The first-order valence-electron chi connectivity index (χ1n) is 3.64. The zero-order chi connectivity index (χ0) is 10.0. The third-order valence-corrected chi connectivity index (χ3v) is 2.72. The van der Waals surface area contributed by atoms with Crippen LogP contribution in [0.1, 0.15) is 21.5 Å². The Morgan fingerprint density at radius 1 is 1.62 bits per heavy atom. The van der Waals surface area contributed by atoms with Crippen LogP contribution in [-0.4, -0.2) is 11.1 Å². The van der Waals surface area contributed by atoms with Crippen LogP contribution >= 0.6 is 27.5 Å².